The molecule has 0 saturated heterocycles. The lowest BCUT2D eigenvalue weighted by Crippen LogP contribution is -2.18. The quantitative estimate of drug-likeness (QED) is 0.562. The van der Waals surface area contributed by atoms with Gasteiger partial charge in [0.1, 0.15) is 0 Å². The van der Waals surface area contributed by atoms with Crippen LogP contribution in [0, 0.1) is 0 Å². The summed E-state index contributed by atoms with van der Waals surface area (Å²) in [4.78, 5) is 0. The second kappa shape index (κ2) is 2.40. The van der Waals surface area contributed by atoms with Crippen LogP contribution in [0.25, 0.3) is 0 Å². The molecule has 1 aliphatic carbocycles. The van der Waals surface area contributed by atoms with Gasteiger partial charge in [0, 0.05) is 5.25 Å². The molecule has 0 aromatic rings. The zero-order valence-electron chi connectivity index (χ0n) is 4.74. The average molecular weight is 156 g/mol. The topological polar surface area (TPSA) is 0 Å². The number of alkyl halides is 3. The predicted molar refractivity (Wildman–Crippen MR) is 31.3 cm³/mol. The third-order valence-corrected chi connectivity index (χ3v) is 2.42. The maximum Gasteiger partial charge on any atom is 0.442 e. The van der Waals surface area contributed by atoms with Crippen LogP contribution in [0.3, 0.4) is 0 Å². The van der Waals surface area contributed by atoms with Crippen molar-refractivity contribution in [3.05, 3.63) is 0 Å². The molecule has 0 nitrogen and oxygen atoms in total. The SMILES string of the molecule is FC(F)(F)SC1CCC1. The lowest BCUT2D eigenvalue weighted by atomic mass is 10.0. The van der Waals surface area contributed by atoms with Gasteiger partial charge in [0.25, 0.3) is 0 Å². The first-order chi connectivity index (χ1) is 4.08. The molecule has 0 heterocycles. The second-order valence-corrected chi connectivity index (χ2v) is 3.48. The minimum Gasteiger partial charge on any atom is -0.160 e. The van der Waals surface area contributed by atoms with E-state index in [1.54, 1.807) is 0 Å². The predicted octanol–water partition coefficient (Wildman–Crippen LogP) is 2.79. The van der Waals surface area contributed by atoms with Crippen molar-refractivity contribution in [2.24, 2.45) is 0 Å². The minimum absolute atomic E-state index is 0.134. The van der Waals surface area contributed by atoms with Crippen LogP contribution in [-0.2, 0) is 0 Å². The molecule has 0 atom stereocenters. The van der Waals surface area contributed by atoms with Crippen molar-refractivity contribution in [3.8, 4) is 0 Å². The fourth-order valence-electron chi connectivity index (χ4n) is 0.678. The van der Waals surface area contributed by atoms with Gasteiger partial charge in [-0.05, 0) is 24.6 Å². The van der Waals surface area contributed by atoms with E-state index < -0.39 is 5.51 Å². The number of hydrogen-bond donors (Lipinski definition) is 0. The van der Waals surface area contributed by atoms with Crippen LogP contribution in [0.4, 0.5) is 13.2 Å². The van der Waals surface area contributed by atoms with Crippen molar-refractivity contribution < 1.29 is 13.2 Å². The summed E-state index contributed by atoms with van der Waals surface area (Å²) >= 11 is 0.144. The zero-order valence-corrected chi connectivity index (χ0v) is 5.56. The highest BCUT2D eigenvalue weighted by Crippen LogP contribution is 2.41. The van der Waals surface area contributed by atoms with Crippen molar-refractivity contribution in [1.82, 2.24) is 0 Å². The Bertz CT molecular complexity index is 94.9. The van der Waals surface area contributed by atoms with Crippen molar-refractivity contribution in [2.75, 3.05) is 0 Å². The molecule has 1 saturated carbocycles. The van der Waals surface area contributed by atoms with Gasteiger partial charge in [-0.15, -0.1) is 0 Å². The van der Waals surface area contributed by atoms with Gasteiger partial charge in [-0.1, -0.05) is 6.42 Å². The second-order valence-electron chi connectivity index (χ2n) is 2.12. The van der Waals surface area contributed by atoms with Gasteiger partial charge in [-0.3, -0.25) is 0 Å². The lowest BCUT2D eigenvalue weighted by Gasteiger charge is -2.25. The molecule has 1 aliphatic rings. The molecule has 1 rings (SSSR count). The van der Waals surface area contributed by atoms with Gasteiger partial charge in [-0.25, -0.2) is 0 Å². The monoisotopic (exact) mass is 156 g/mol. The maximum absolute atomic E-state index is 11.5. The fraction of sp³-hybridized carbons (Fsp3) is 1.00. The molecule has 54 valence electrons. The molecule has 0 aliphatic heterocycles. The highest BCUT2D eigenvalue weighted by Gasteiger charge is 2.35. The first-order valence-electron chi connectivity index (χ1n) is 2.82. The van der Waals surface area contributed by atoms with Gasteiger partial charge >= 0.3 is 5.51 Å². The van der Waals surface area contributed by atoms with Gasteiger partial charge in [0.15, 0.2) is 0 Å². The molecule has 0 radical (unpaired) electrons. The van der Waals surface area contributed by atoms with Crippen LogP contribution in [-0.4, -0.2) is 10.8 Å². The first-order valence-corrected chi connectivity index (χ1v) is 3.70. The molecular weight excluding hydrogens is 149 g/mol. The third-order valence-electron chi connectivity index (χ3n) is 1.35. The number of hydrogen-bond acceptors (Lipinski definition) is 1. The van der Waals surface area contributed by atoms with Crippen molar-refractivity contribution >= 4 is 11.8 Å². The Morgan fingerprint density at radius 3 is 1.89 bits per heavy atom. The summed E-state index contributed by atoms with van der Waals surface area (Å²) in [5, 5.41) is -0.134. The summed E-state index contributed by atoms with van der Waals surface area (Å²) in [5.41, 5.74) is -4.01. The summed E-state index contributed by atoms with van der Waals surface area (Å²) < 4.78 is 34.5. The Balaban J connectivity index is 2.16. The van der Waals surface area contributed by atoms with E-state index >= 15 is 0 Å². The van der Waals surface area contributed by atoms with Crippen molar-refractivity contribution in [3.63, 3.8) is 0 Å². The zero-order chi connectivity index (χ0) is 6.91. The number of halogens is 3. The van der Waals surface area contributed by atoms with E-state index in [0.717, 1.165) is 19.3 Å². The Kier molecular flexibility index (Phi) is 1.94. The average Bonchev–Trinajstić information content (AvgIpc) is 1.53. The Labute approximate surface area is 55.8 Å². The molecule has 0 amide bonds. The molecule has 0 bridgehead atoms. The molecule has 0 unspecified atom stereocenters. The summed E-state index contributed by atoms with van der Waals surface area (Å²) in [5.74, 6) is 0. The summed E-state index contributed by atoms with van der Waals surface area (Å²) in [6.45, 7) is 0. The normalized spacial score (nSPS) is 21.7. The van der Waals surface area contributed by atoms with Gasteiger partial charge < -0.3 is 0 Å². The van der Waals surface area contributed by atoms with E-state index in [1.165, 1.54) is 0 Å². The first kappa shape index (κ1) is 7.25. The van der Waals surface area contributed by atoms with E-state index in [4.69, 9.17) is 0 Å². The van der Waals surface area contributed by atoms with Crippen LogP contribution in [0.2, 0.25) is 0 Å². The molecule has 9 heavy (non-hydrogen) atoms. The summed E-state index contributed by atoms with van der Waals surface area (Å²) in [7, 11) is 0. The van der Waals surface area contributed by atoms with E-state index in [1.807, 2.05) is 0 Å². The molecule has 0 N–H and O–H groups in total. The van der Waals surface area contributed by atoms with Crippen molar-refractivity contribution in [2.45, 2.75) is 30.0 Å². The standard InChI is InChI=1S/C5H7F3S/c6-5(7,8)9-4-2-1-3-4/h4H,1-3H2. The van der Waals surface area contributed by atoms with Crippen LogP contribution in [0.1, 0.15) is 19.3 Å². The molecule has 0 aromatic carbocycles. The van der Waals surface area contributed by atoms with Gasteiger partial charge in [0.05, 0.1) is 0 Å². The summed E-state index contributed by atoms with van der Waals surface area (Å²) in [6, 6.07) is 0. The van der Waals surface area contributed by atoms with Crippen LogP contribution in [0.15, 0.2) is 0 Å². The summed E-state index contributed by atoms with van der Waals surface area (Å²) in [6.07, 6.45) is 2.45. The fourth-order valence-corrected chi connectivity index (χ4v) is 1.62. The Hall–Kier alpha value is 0.140. The number of thioether (sulfide) groups is 1. The Morgan fingerprint density at radius 2 is 1.78 bits per heavy atom. The number of rotatable bonds is 1. The molecule has 1 fully saturated rings. The molecule has 0 aromatic heterocycles. The van der Waals surface area contributed by atoms with Crippen LogP contribution in [0.5, 0.6) is 0 Å². The highest BCUT2D eigenvalue weighted by atomic mass is 32.2. The van der Waals surface area contributed by atoms with Crippen LogP contribution < -0.4 is 0 Å². The van der Waals surface area contributed by atoms with Gasteiger partial charge in [0.2, 0.25) is 0 Å². The van der Waals surface area contributed by atoms with Crippen molar-refractivity contribution in [1.29, 1.82) is 0 Å². The minimum atomic E-state index is -4.01. The van der Waals surface area contributed by atoms with E-state index in [0.29, 0.717) is 0 Å². The largest absolute Gasteiger partial charge is 0.442 e. The molecular formula is C5H7F3S. The van der Waals surface area contributed by atoms with Gasteiger partial charge in [-0.2, -0.15) is 13.2 Å². The molecule has 0 spiro atoms. The maximum atomic E-state index is 11.5. The highest BCUT2D eigenvalue weighted by molar-refractivity contribution is 8.00. The smallest absolute Gasteiger partial charge is 0.160 e. The Morgan fingerprint density at radius 1 is 1.22 bits per heavy atom. The van der Waals surface area contributed by atoms with E-state index in [9.17, 15) is 13.2 Å². The molecule has 4 heteroatoms. The third kappa shape index (κ3) is 2.47. The van der Waals surface area contributed by atoms with Crippen LogP contribution >= 0.6 is 11.8 Å². The van der Waals surface area contributed by atoms with E-state index in [2.05, 4.69) is 0 Å². The van der Waals surface area contributed by atoms with E-state index in [-0.39, 0.29) is 17.0 Å². The lowest BCUT2D eigenvalue weighted by molar-refractivity contribution is -0.0338.